The standard InChI is InChI=1S/C60H119NO8/c1-3-5-7-9-11-13-15-16-17-18-19-20-21-22-23-24-25-26-27-28-29-30-31-32-33-34-35-36-37-38-40-42-44-46-48-50-56(64)61-53(52-68-60-59(67)58(66)57(65)55(51-62)69-60)54(63)49-47-45-43-41-39-14-12-10-8-6-4-2/h53-55,57-60,62-63,65-67H,3-52H2,1-2H3,(H,61,64)/t53-,54+,55+,57-,58?,59?,60+/m0/s1. The summed E-state index contributed by atoms with van der Waals surface area (Å²) in [5.74, 6) is -0.138. The van der Waals surface area contributed by atoms with E-state index in [1.807, 2.05) is 0 Å². The Hall–Kier alpha value is -0.810. The van der Waals surface area contributed by atoms with E-state index in [-0.39, 0.29) is 12.5 Å². The summed E-state index contributed by atoms with van der Waals surface area (Å²) in [7, 11) is 0. The predicted molar refractivity (Wildman–Crippen MR) is 291 cm³/mol. The fourth-order valence-corrected chi connectivity index (χ4v) is 10.3. The molecule has 2 unspecified atom stereocenters. The van der Waals surface area contributed by atoms with Crippen LogP contribution in [-0.2, 0) is 14.3 Å². The van der Waals surface area contributed by atoms with Crippen LogP contribution >= 0.6 is 0 Å². The third-order valence-electron chi connectivity index (χ3n) is 15.2. The van der Waals surface area contributed by atoms with Crippen LogP contribution in [0.3, 0.4) is 0 Å². The van der Waals surface area contributed by atoms with Crippen molar-refractivity contribution in [3.8, 4) is 0 Å². The lowest BCUT2D eigenvalue weighted by molar-refractivity contribution is -0.302. The summed E-state index contributed by atoms with van der Waals surface area (Å²) in [5, 5.41) is 54.5. The average molecular weight is 983 g/mol. The van der Waals surface area contributed by atoms with Gasteiger partial charge in [0, 0.05) is 6.42 Å². The van der Waals surface area contributed by atoms with Crippen LogP contribution in [0.15, 0.2) is 0 Å². The predicted octanol–water partition coefficient (Wildman–Crippen LogP) is 15.4. The normalized spacial score (nSPS) is 19.3. The summed E-state index contributed by atoms with van der Waals surface area (Å²) >= 11 is 0. The minimum absolute atomic E-state index is 0.132. The topological polar surface area (TPSA) is 149 Å². The number of hydrogen-bond acceptors (Lipinski definition) is 8. The van der Waals surface area contributed by atoms with Crippen molar-refractivity contribution in [1.29, 1.82) is 0 Å². The van der Waals surface area contributed by atoms with Gasteiger partial charge in [-0.3, -0.25) is 4.79 Å². The van der Waals surface area contributed by atoms with Crippen LogP contribution in [0.25, 0.3) is 0 Å². The van der Waals surface area contributed by atoms with Gasteiger partial charge in [-0.25, -0.2) is 0 Å². The van der Waals surface area contributed by atoms with Gasteiger partial charge < -0.3 is 40.3 Å². The van der Waals surface area contributed by atoms with Crippen molar-refractivity contribution in [3.63, 3.8) is 0 Å². The Morgan fingerprint density at radius 3 is 1.03 bits per heavy atom. The minimum atomic E-state index is -1.55. The van der Waals surface area contributed by atoms with Crippen molar-refractivity contribution < 1.29 is 39.8 Å². The van der Waals surface area contributed by atoms with E-state index in [9.17, 15) is 30.3 Å². The molecule has 412 valence electrons. The molecule has 1 fully saturated rings. The number of carbonyl (C=O) groups is 1. The van der Waals surface area contributed by atoms with E-state index in [0.29, 0.717) is 12.8 Å². The summed E-state index contributed by atoms with van der Waals surface area (Å²) < 4.78 is 11.3. The number of nitrogens with one attached hydrogen (secondary N) is 1. The molecule has 9 nitrogen and oxygen atoms in total. The lowest BCUT2D eigenvalue weighted by Crippen LogP contribution is -2.60. The summed E-state index contributed by atoms with van der Waals surface area (Å²) in [4.78, 5) is 13.0. The molecule has 1 aliphatic rings. The quantitative estimate of drug-likeness (QED) is 0.0330. The number of aliphatic hydroxyl groups excluding tert-OH is 5. The molecule has 9 heteroatoms. The van der Waals surface area contributed by atoms with Crippen LogP contribution < -0.4 is 5.32 Å². The molecule has 0 aromatic heterocycles. The van der Waals surface area contributed by atoms with Gasteiger partial charge in [0.05, 0.1) is 25.4 Å². The molecule has 1 rings (SSSR count). The van der Waals surface area contributed by atoms with Crippen LogP contribution in [0, 0.1) is 0 Å². The molecule has 0 spiro atoms. The van der Waals surface area contributed by atoms with Gasteiger partial charge in [0.2, 0.25) is 5.91 Å². The first kappa shape index (κ1) is 66.2. The van der Waals surface area contributed by atoms with Crippen molar-refractivity contribution >= 4 is 5.91 Å². The molecule has 0 aromatic carbocycles. The second-order valence-corrected chi connectivity index (χ2v) is 21.9. The highest BCUT2D eigenvalue weighted by molar-refractivity contribution is 5.76. The second-order valence-electron chi connectivity index (χ2n) is 21.9. The maximum atomic E-state index is 13.0. The van der Waals surface area contributed by atoms with Crippen molar-refractivity contribution in [1.82, 2.24) is 5.32 Å². The molecular formula is C60H119NO8. The van der Waals surface area contributed by atoms with E-state index >= 15 is 0 Å². The largest absolute Gasteiger partial charge is 0.394 e. The number of carbonyl (C=O) groups excluding carboxylic acids is 1. The molecule has 69 heavy (non-hydrogen) atoms. The van der Waals surface area contributed by atoms with Gasteiger partial charge in [0.15, 0.2) is 6.29 Å². The zero-order valence-electron chi connectivity index (χ0n) is 45.9. The lowest BCUT2D eigenvalue weighted by atomic mass is 9.99. The number of unbranched alkanes of at least 4 members (excludes halogenated alkanes) is 44. The van der Waals surface area contributed by atoms with E-state index < -0.39 is 49.5 Å². The maximum absolute atomic E-state index is 13.0. The molecule has 1 aliphatic heterocycles. The third-order valence-corrected chi connectivity index (χ3v) is 15.2. The highest BCUT2D eigenvalue weighted by atomic mass is 16.7. The Labute approximate surface area is 427 Å². The van der Waals surface area contributed by atoms with Crippen molar-refractivity contribution in [2.45, 2.75) is 365 Å². The smallest absolute Gasteiger partial charge is 0.220 e. The van der Waals surface area contributed by atoms with Gasteiger partial charge in [-0.1, -0.05) is 303 Å². The Balaban J connectivity index is 2.01. The van der Waals surface area contributed by atoms with Gasteiger partial charge >= 0.3 is 0 Å². The Kier molecular flexibility index (Phi) is 48.7. The SMILES string of the molecule is CCCCCCCCCCCCCCCCCCCCCCCCCCCCCCCCCCCCCC(=O)N[C@@H](CO[C@@H]1O[C@H](CO)[C@H](O)C(O)C1O)[C@H](O)CCCCCCCCCCCCC. The van der Waals surface area contributed by atoms with Crippen LogP contribution in [-0.4, -0.2) is 87.5 Å². The molecule has 0 saturated carbocycles. The number of amides is 1. The van der Waals surface area contributed by atoms with Crippen LogP contribution in [0.4, 0.5) is 0 Å². The Morgan fingerprint density at radius 1 is 0.435 bits per heavy atom. The van der Waals surface area contributed by atoms with E-state index in [1.165, 1.54) is 257 Å². The minimum Gasteiger partial charge on any atom is -0.394 e. The first-order valence-electron chi connectivity index (χ1n) is 30.7. The monoisotopic (exact) mass is 982 g/mol. The fraction of sp³-hybridized carbons (Fsp3) is 0.983. The molecular weight excluding hydrogens is 863 g/mol. The van der Waals surface area contributed by atoms with E-state index in [1.54, 1.807) is 0 Å². The third kappa shape index (κ3) is 40.3. The molecule has 0 aromatic rings. The number of rotatable bonds is 54. The molecule has 1 saturated heterocycles. The van der Waals surface area contributed by atoms with Gasteiger partial charge in [0.1, 0.15) is 24.4 Å². The van der Waals surface area contributed by atoms with Crippen LogP contribution in [0.5, 0.6) is 0 Å². The summed E-state index contributed by atoms with van der Waals surface area (Å²) in [5.41, 5.74) is 0. The highest BCUT2D eigenvalue weighted by Gasteiger charge is 2.44. The zero-order valence-corrected chi connectivity index (χ0v) is 45.9. The van der Waals surface area contributed by atoms with E-state index in [2.05, 4.69) is 19.2 Å². The highest BCUT2D eigenvalue weighted by Crippen LogP contribution is 2.24. The van der Waals surface area contributed by atoms with Crippen molar-refractivity contribution in [2.24, 2.45) is 0 Å². The lowest BCUT2D eigenvalue weighted by Gasteiger charge is -2.40. The van der Waals surface area contributed by atoms with Crippen LogP contribution in [0.2, 0.25) is 0 Å². The number of aliphatic hydroxyl groups is 5. The molecule has 7 atom stereocenters. The van der Waals surface area contributed by atoms with Crippen molar-refractivity contribution in [2.75, 3.05) is 13.2 Å². The summed E-state index contributed by atoms with van der Waals surface area (Å²) in [6.07, 6.45) is 54.6. The second kappa shape index (κ2) is 50.7. The molecule has 1 amide bonds. The van der Waals surface area contributed by atoms with Gasteiger partial charge in [-0.2, -0.15) is 0 Å². The average Bonchev–Trinajstić information content (AvgIpc) is 3.35. The van der Waals surface area contributed by atoms with Crippen molar-refractivity contribution in [3.05, 3.63) is 0 Å². The summed E-state index contributed by atoms with van der Waals surface area (Å²) in [6.45, 7) is 3.86. The number of hydrogen-bond donors (Lipinski definition) is 6. The first-order chi connectivity index (χ1) is 33.8. The maximum Gasteiger partial charge on any atom is 0.220 e. The van der Waals surface area contributed by atoms with E-state index in [0.717, 1.165) is 38.5 Å². The summed E-state index contributed by atoms with van der Waals surface area (Å²) in [6, 6.07) is -0.712. The Bertz CT molecular complexity index is 1050. The zero-order chi connectivity index (χ0) is 50.1. The number of ether oxygens (including phenoxy) is 2. The first-order valence-corrected chi connectivity index (χ1v) is 30.7. The molecule has 1 heterocycles. The van der Waals surface area contributed by atoms with Gasteiger partial charge in [0.25, 0.3) is 0 Å². The fourth-order valence-electron chi connectivity index (χ4n) is 10.3. The van der Waals surface area contributed by atoms with E-state index in [4.69, 9.17) is 9.47 Å². The molecule has 0 bridgehead atoms. The molecule has 0 aliphatic carbocycles. The van der Waals surface area contributed by atoms with Gasteiger partial charge in [-0.05, 0) is 12.8 Å². The van der Waals surface area contributed by atoms with Crippen LogP contribution in [0.1, 0.15) is 322 Å². The Morgan fingerprint density at radius 2 is 0.725 bits per heavy atom. The molecule has 0 radical (unpaired) electrons. The molecule has 6 N–H and O–H groups in total. The van der Waals surface area contributed by atoms with Gasteiger partial charge in [-0.15, -0.1) is 0 Å².